The lowest BCUT2D eigenvalue weighted by Crippen LogP contribution is -2.37. The van der Waals surface area contributed by atoms with E-state index in [9.17, 15) is 26.7 Å². The van der Waals surface area contributed by atoms with Crippen LogP contribution in [0.3, 0.4) is 0 Å². The first-order valence-corrected chi connectivity index (χ1v) is 13.5. The van der Waals surface area contributed by atoms with Crippen molar-refractivity contribution in [1.82, 2.24) is 19.9 Å². The third-order valence-corrected chi connectivity index (χ3v) is 8.35. The molecule has 1 unspecified atom stereocenters. The van der Waals surface area contributed by atoms with E-state index in [4.69, 9.17) is 0 Å². The van der Waals surface area contributed by atoms with Gasteiger partial charge in [0.25, 0.3) is 0 Å². The molecule has 0 amide bonds. The lowest BCUT2D eigenvalue weighted by Gasteiger charge is -2.26. The van der Waals surface area contributed by atoms with E-state index in [0.29, 0.717) is 25.2 Å². The summed E-state index contributed by atoms with van der Waals surface area (Å²) < 4.78 is 62.7. The number of hydrogen-bond donors (Lipinski definition) is 2. The van der Waals surface area contributed by atoms with Crippen molar-refractivity contribution in [2.45, 2.75) is 32.1 Å². The average molecular weight is 528 g/mol. The van der Waals surface area contributed by atoms with Gasteiger partial charge < -0.3 is 10.4 Å². The molecule has 188 valence electrons. The number of aromatic nitrogens is 3. The average Bonchev–Trinajstić information content (AvgIpc) is 3.39. The van der Waals surface area contributed by atoms with Gasteiger partial charge in [-0.05, 0) is 42.7 Å². The van der Waals surface area contributed by atoms with Crippen molar-refractivity contribution in [1.29, 1.82) is 0 Å². The Labute approximate surface area is 204 Å². The first kappa shape index (κ1) is 25.5. The summed E-state index contributed by atoms with van der Waals surface area (Å²) in [5, 5.41) is 13.1. The number of aliphatic hydroxyl groups is 1. The van der Waals surface area contributed by atoms with Crippen molar-refractivity contribution in [2.24, 2.45) is 0 Å². The summed E-state index contributed by atoms with van der Waals surface area (Å²) in [5.74, 6) is 0.0696. The van der Waals surface area contributed by atoms with Gasteiger partial charge in [-0.25, -0.2) is 23.4 Å². The van der Waals surface area contributed by atoms with Crippen LogP contribution in [0, 0.1) is 6.92 Å². The quantitative estimate of drug-likeness (QED) is 0.457. The number of aryl methyl sites for hydroxylation is 1. The Hall–Kier alpha value is -2.61. The minimum absolute atomic E-state index is 0.0791. The molecule has 1 atom stereocenters. The molecule has 3 aromatic rings. The number of rotatable bonds is 8. The minimum Gasteiger partial charge on any atom is -0.395 e. The van der Waals surface area contributed by atoms with E-state index in [1.54, 1.807) is 18.3 Å². The fraction of sp³-hybridized carbons (Fsp3) is 0.409. The molecule has 4 rings (SSSR count). The highest BCUT2D eigenvalue weighted by Gasteiger charge is 2.33. The molecule has 1 aliphatic rings. The van der Waals surface area contributed by atoms with Crippen LogP contribution in [0.5, 0.6) is 0 Å². The van der Waals surface area contributed by atoms with Gasteiger partial charge >= 0.3 is 6.18 Å². The van der Waals surface area contributed by atoms with Gasteiger partial charge in [-0.3, -0.25) is 4.90 Å². The second kappa shape index (κ2) is 10.2. The first-order chi connectivity index (χ1) is 16.5. The van der Waals surface area contributed by atoms with Gasteiger partial charge in [0.2, 0.25) is 5.95 Å². The zero-order chi connectivity index (χ0) is 25.2. The smallest absolute Gasteiger partial charge is 0.395 e. The molecule has 0 spiro atoms. The summed E-state index contributed by atoms with van der Waals surface area (Å²) >= 11 is 1.44. The number of aliphatic hydroxyl groups excluding tert-OH is 1. The van der Waals surface area contributed by atoms with Crippen LogP contribution in [0.15, 0.2) is 36.7 Å². The second-order valence-electron chi connectivity index (χ2n) is 8.35. The minimum atomic E-state index is -4.57. The van der Waals surface area contributed by atoms with E-state index in [2.05, 4.69) is 20.3 Å². The first-order valence-electron chi connectivity index (χ1n) is 10.8. The predicted octanol–water partition coefficient (Wildman–Crippen LogP) is 3.65. The number of halogens is 3. The normalized spacial score (nSPS) is 17.7. The van der Waals surface area contributed by atoms with Crippen LogP contribution in [0.1, 0.15) is 22.7 Å². The van der Waals surface area contributed by atoms with Crippen LogP contribution in [-0.2, 0) is 22.6 Å². The monoisotopic (exact) mass is 527 g/mol. The Morgan fingerprint density at radius 2 is 2.06 bits per heavy atom. The highest BCUT2D eigenvalue weighted by Crippen LogP contribution is 2.32. The van der Waals surface area contributed by atoms with Gasteiger partial charge in [0.15, 0.2) is 9.84 Å². The van der Waals surface area contributed by atoms with Crippen LogP contribution in [0.25, 0.3) is 10.4 Å². The number of nitrogens with zero attached hydrogens (tertiary/aromatic N) is 4. The third-order valence-electron chi connectivity index (χ3n) is 5.57. The highest BCUT2D eigenvalue weighted by atomic mass is 32.2. The molecule has 8 nitrogen and oxygen atoms in total. The van der Waals surface area contributed by atoms with Crippen LogP contribution < -0.4 is 5.32 Å². The van der Waals surface area contributed by atoms with Crippen LogP contribution >= 0.6 is 11.3 Å². The Balaban J connectivity index is 1.52. The maximum Gasteiger partial charge on any atom is 0.433 e. The fourth-order valence-electron chi connectivity index (χ4n) is 3.98. The number of thiazole rings is 1. The maximum atomic E-state index is 13.0. The molecule has 3 heterocycles. The lowest BCUT2D eigenvalue weighted by atomic mass is 10.1. The second-order valence-corrected chi connectivity index (χ2v) is 11.7. The summed E-state index contributed by atoms with van der Waals surface area (Å²) in [6.07, 6.45) is -1.27. The molecule has 1 saturated heterocycles. The molecule has 2 aromatic heterocycles. The molecule has 0 radical (unpaired) electrons. The SMILES string of the molecule is Cc1cc(Nc2nccc(C(F)(F)F)n2)cc(-c2cnc(CN(CCO)C3CCS(=O)(=O)C3)s2)c1. The summed E-state index contributed by atoms with van der Waals surface area (Å²) in [7, 11) is -3.06. The molecule has 0 bridgehead atoms. The van der Waals surface area contributed by atoms with Crippen LogP contribution in [-0.4, -0.2) is 64.1 Å². The van der Waals surface area contributed by atoms with E-state index in [0.717, 1.165) is 33.3 Å². The highest BCUT2D eigenvalue weighted by molar-refractivity contribution is 7.91. The van der Waals surface area contributed by atoms with E-state index >= 15 is 0 Å². The Bertz CT molecular complexity index is 1300. The summed E-state index contributed by atoms with van der Waals surface area (Å²) in [6, 6.07) is 6.15. The van der Waals surface area contributed by atoms with Crippen molar-refractivity contribution in [3.63, 3.8) is 0 Å². The summed E-state index contributed by atoms with van der Waals surface area (Å²) in [5.41, 5.74) is 1.20. The van der Waals surface area contributed by atoms with E-state index in [1.807, 2.05) is 17.9 Å². The van der Waals surface area contributed by atoms with Crippen LogP contribution in [0.4, 0.5) is 24.8 Å². The molecule has 1 aromatic carbocycles. The molecule has 0 aliphatic carbocycles. The fourth-order valence-corrected chi connectivity index (χ4v) is 6.67. The maximum absolute atomic E-state index is 13.0. The predicted molar refractivity (Wildman–Crippen MR) is 127 cm³/mol. The van der Waals surface area contributed by atoms with Crippen molar-refractivity contribution in [3.8, 4) is 10.4 Å². The molecule has 35 heavy (non-hydrogen) atoms. The summed E-state index contributed by atoms with van der Waals surface area (Å²) in [6.45, 7) is 2.55. The standard InChI is InChI=1S/C22H24F3N5O3S2/c1-14-8-15(10-16(9-14)28-21-26-4-2-19(29-21)22(23,24)25)18-11-27-20(34-18)12-30(5-6-31)17-3-7-35(32,33)13-17/h2,4,8-11,17,31H,3,5-7,12-13H2,1H3,(H,26,28,29). The van der Waals surface area contributed by atoms with Gasteiger partial charge in [0.05, 0.1) is 29.5 Å². The molecule has 1 fully saturated rings. The molecule has 13 heteroatoms. The van der Waals surface area contributed by atoms with Crippen molar-refractivity contribution < 1.29 is 26.7 Å². The lowest BCUT2D eigenvalue weighted by molar-refractivity contribution is -0.141. The largest absolute Gasteiger partial charge is 0.433 e. The van der Waals surface area contributed by atoms with Crippen molar-refractivity contribution in [3.05, 3.63) is 52.9 Å². The van der Waals surface area contributed by atoms with E-state index in [-0.39, 0.29) is 30.1 Å². The zero-order valence-electron chi connectivity index (χ0n) is 18.8. The summed E-state index contributed by atoms with van der Waals surface area (Å²) in [4.78, 5) is 14.7. The zero-order valence-corrected chi connectivity index (χ0v) is 20.4. The number of nitrogens with one attached hydrogen (secondary N) is 1. The topological polar surface area (TPSA) is 108 Å². The number of anilines is 2. The number of hydrogen-bond acceptors (Lipinski definition) is 9. The Morgan fingerprint density at radius 1 is 1.26 bits per heavy atom. The molecular formula is C22H24F3N5O3S2. The Morgan fingerprint density at radius 3 is 2.74 bits per heavy atom. The van der Waals surface area contributed by atoms with E-state index < -0.39 is 21.7 Å². The molecular weight excluding hydrogens is 503 g/mol. The third kappa shape index (κ3) is 6.54. The van der Waals surface area contributed by atoms with E-state index in [1.165, 1.54) is 11.3 Å². The Kier molecular flexibility index (Phi) is 7.40. The number of sulfone groups is 1. The van der Waals surface area contributed by atoms with Crippen LogP contribution in [0.2, 0.25) is 0 Å². The van der Waals surface area contributed by atoms with Gasteiger partial charge in [-0.2, -0.15) is 13.2 Å². The van der Waals surface area contributed by atoms with Gasteiger partial charge in [-0.15, -0.1) is 11.3 Å². The van der Waals surface area contributed by atoms with Crippen molar-refractivity contribution in [2.75, 3.05) is 30.0 Å². The number of benzene rings is 1. The van der Waals surface area contributed by atoms with Gasteiger partial charge in [-0.1, -0.05) is 6.07 Å². The molecule has 2 N–H and O–H groups in total. The molecule has 0 saturated carbocycles. The molecule has 1 aliphatic heterocycles. The number of alkyl halides is 3. The van der Waals surface area contributed by atoms with Gasteiger partial charge in [0, 0.05) is 30.7 Å². The van der Waals surface area contributed by atoms with Gasteiger partial charge in [0.1, 0.15) is 10.7 Å². The van der Waals surface area contributed by atoms with Crippen molar-refractivity contribution >= 4 is 32.8 Å².